The van der Waals surface area contributed by atoms with Gasteiger partial charge in [0.1, 0.15) is 17.9 Å². The van der Waals surface area contributed by atoms with Gasteiger partial charge in [-0.3, -0.25) is 14.5 Å². The standard InChI is InChI=1S/C23H23N3O5S/c1-3-16-8-10-18(11-9-16)26(15(2)27)23-25-17(14-32-23)12-31-22(29)19-6-4-5-7-20(19)30-13-21(24)28/h4-11,14H,3,12-13H2,1-2H3,(H2,24,28). The number of hydrogen-bond donors (Lipinski definition) is 1. The van der Waals surface area contributed by atoms with Gasteiger partial charge in [-0.25, -0.2) is 9.78 Å². The van der Waals surface area contributed by atoms with Crippen LogP contribution in [0.5, 0.6) is 5.75 Å². The van der Waals surface area contributed by atoms with Crippen LogP contribution in [0, 0.1) is 0 Å². The Morgan fingerprint density at radius 1 is 1.09 bits per heavy atom. The highest BCUT2D eigenvalue weighted by molar-refractivity contribution is 7.14. The Labute approximate surface area is 189 Å². The van der Waals surface area contributed by atoms with Crippen molar-refractivity contribution in [2.24, 2.45) is 5.73 Å². The van der Waals surface area contributed by atoms with Gasteiger partial charge >= 0.3 is 5.97 Å². The first-order chi connectivity index (χ1) is 15.4. The summed E-state index contributed by atoms with van der Waals surface area (Å²) in [6.45, 7) is 3.10. The molecule has 2 aromatic carbocycles. The van der Waals surface area contributed by atoms with Crippen LogP contribution in [0.1, 0.15) is 35.5 Å². The lowest BCUT2D eigenvalue weighted by Gasteiger charge is -2.18. The highest BCUT2D eigenvalue weighted by atomic mass is 32.1. The number of benzene rings is 2. The third kappa shape index (κ3) is 5.70. The summed E-state index contributed by atoms with van der Waals surface area (Å²) >= 11 is 1.28. The molecule has 0 unspecified atom stereocenters. The highest BCUT2D eigenvalue weighted by Gasteiger charge is 2.19. The molecule has 32 heavy (non-hydrogen) atoms. The van der Waals surface area contributed by atoms with Gasteiger partial charge in [0.2, 0.25) is 5.91 Å². The monoisotopic (exact) mass is 453 g/mol. The lowest BCUT2D eigenvalue weighted by molar-refractivity contribution is -0.120. The van der Waals surface area contributed by atoms with Crippen molar-refractivity contribution >= 4 is 39.9 Å². The van der Waals surface area contributed by atoms with Crippen LogP contribution in [0.25, 0.3) is 0 Å². The van der Waals surface area contributed by atoms with Gasteiger partial charge in [0.25, 0.3) is 5.91 Å². The SMILES string of the molecule is CCc1ccc(N(C(C)=O)c2nc(COC(=O)c3ccccc3OCC(N)=O)cs2)cc1. The fourth-order valence-electron chi connectivity index (χ4n) is 2.90. The van der Waals surface area contributed by atoms with E-state index < -0.39 is 11.9 Å². The van der Waals surface area contributed by atoms with E-state index in [0.29, 0.717) is 16.5 Å². The van der Waals surface area contributed by atoms with Crippen molar-refractivity contribution < 1.29 is 23.9 Å². The summed E-state index contributed by atoms with van der Waals surface area (Å²) in [6.07, 6.45) is 0.907. The number of nitrogens with two attached hydrogens (primary N) is 1. The normalized spacial score (nSPS) is 10.4. The molecule has 8 nitrogen and oxygen atoms in total. The van der Waals surface area contributed by atoms with Gasteiger partial charge in [0, 0.05) is 12.3 Å². The molecule has 0 aliphatic rings. The second kappa shape index (κ2) is 10.5. The van der Waals surface area contributed by atoms with Crippen LogP contribution < -0.4 is 15.4 Å². The average molecular weight is 454 g/mol. The molecular weight excluding hydrogens is 430 g/mol. The quantitative estimate of drug-likeness (QED) is 0.496. The Morgan fingerprint density at radius 3 is 2.47 bits per heavy atom. The number of amides is 2. The number of ether oxygens (including phenoxy) is 2. The smallest absolute Gasteiger partial charge is 0.342 e. The summed E-state index contributed by atoms with van der Waals surface area (Å²) < 4.78 is 10.6. The third-order valence-corrected chi connectivity index (χ3v) is 5.35. The molecule has 1 heterocycles. The molecule has 0 spiro atoms. The maximum absolute atomic E-state index is 12.5. The minimum atomic E-state index is -0.650. The van der Waals surface area contributed by atoms with Gasteiger partial charge in [0.15, 0.2) is 11.7 Å². The van der Waals surface area contributed by atoms with Gasteiger partial charge in [0.05, 0.1) is 11.4 Å². The number of primary amides is 1. The summed E-state index contributed by atoms with van der Waals surface area (Å²) in [5.74, 6) is -1.25. The van der Waals surface area contributed by atoms with Crippen LogP contribution >= 0.6 is 11.3 Å². The van der Waals surface area contributed by atoms with Gasteiger partial charge in [-0.15, -0.1) is 11.3 Å². The lowest BCUT2D eigenvalue weighted by Crippen LogP contribution is -2.22. The Bertz CT molecular complexity index is 1110. The maximum atomic E-state index is 12.5. The Morgan fingerprint density at radius 2 is 1.81 bits per heavy atom. The lowest BCUT2D eigenvalue weighted by atomic mass is 10.1. The molecule has 0 aliphatic heterocycles. The average Bonchev–Trinajstić information content (AvgIpc) is 3.25. The first-order valence-electron chi connectivity index (χ1n) is 9.90. The number of rotatable bonds is 9. The molecule has 2 amide bonds. The van der Waals surface area contributed by atoms with Gasteiger partial charge in [-0.05, 0) is 36.2 Å². The van der Waals surface area contributed by atoms with E-state index in [9.17, 15) is 14.4 Å². The fraction of sp³-hybridized carbons (Fsp3) is 0.217. The van der Waals surface area contributed by atoms with E-state index in [0.717, 1.165) is 6.42 Å². The largest absolute Gasteiger partial charge is 0.483 e. The maximum Gasteiger partial charge on any atom is 0.342 e. The number of aryl methyl sites for hydroxylation is 1. The molecule has 1 aromatic heterocycles. The first kappa shape index (κ1) is 23.0. The molecule has 0 atom stereocenters. The summed E-state index contributed by atoms with van der Waals surface area (Å²) in [7, 11) is 0. The number of carbonyl (C=O) groups excluding carboxylic acids is 3. The van der Waals surface area contributed by atoms with Crippen molar-refractivity contribution in [3.63, 3.8) is 0 Å². The number of nitrogens with zero attached hydrogens (tertiary/aromatic N) is 2. The number of hydrogen-bond acceptors (Lipinski definition) is 7. The third-order valence-electron chi connectivity index (χ3n) is 4.48. The fourth-order valence-corrected chi connectivity index (χ4v) is 3.77. The molecule has 0 saturated carbocycles. The molecule has 2 N–H and O–H groups in total. The summed E-state index contributed by atoms with van der Waals surface area (Å²) in [6, 6.07) is 14.1. The minimum Gasteiger partial charge on any atom is -0.483 e. The van der Waals surface area contributed by atoms with Crippen molar-refractivity contribution in [1.29, 1.82) is 0 Å². The number of aromatic nitrogens is 1. The van der Waals surface area contributed by atoms with E-state index in [2.05, 4.69) is 11.9 Å². The topological polar surface area (TPSA) is 112 Å². The number of para-hydroxylation sites is 1. The van der Waals surface area contributed by atoms with Crippen LogP contribution in [0.2, 0.25) is 0 Å². The molecule has 0 saturated heterocycles. The minimum absolute atomic E-state index is 0.0833. The number of thiazole rings is 1. The van der Waals surface area contributed by atoms with Gasteiger partial charge in [-0.2, -0.15) is 0 Å². The van der Waals surface area contributed by atoms with E-state index in [1.54, 1.807) is 23.6 Å². The Kier molecular flexibility index (Phi) is 7.56. The molecule has 166 valence electrons. The van der Waals surface area contributed by atoms with Crippen molar-refractivity contribution in [2.45, 2.75) is 26.9 Å². The zero-order chi connectivity index (χ0) is 23.1. The second-order valence-electron chi connectivity index (χ2n) is 6.82. The predicted molar refractivity (Wildman–Crippen MR) is 121 cm³/mol. The molecule has 3 rings (SSSR count). The van der Waals surface area contributed by atoms with Crippen LogP contribution in [0.4, 0.5) is 10.8 Å². The number of carbonyl (C=O) groups is 3. The van der Waals surface area contributed by atoms with E-state index in [1.807, 2.05) is 24.3 Å². The summed E-state index contributed by atoms with van der Waals surface area (Å²) in [5, 5.41) is 2.21. The number of esters is 1. The molecule has 3 aromatic rings. The van der Waals surface area contributed by atoms with Crippen molar-refractivity contribution in [3.8, 4) is 5.75 Å². The molecule has 0 bridgehead atoms. The van der Waals surface area contributed by atoms with Crippen LogP contribution in [0.3, 0.4) is 0 Å². The van der Waals surface area contributed by atoms with Crippen molar-refractivity contribution in [1.82, 2.24) is 4.98 Å². The van der Waals surface area contributed by atoms with Crippen LogP contribution in [-0.4, -0.2) is 29.4 Å². The molecule has 9 heteroatoms. The number of anilines is 2. The zero-order valence-electron chi connectivity index (χ0n) is 17.7. The van der Waals surface area contributed by atoms with Gasteiger partial charge in [-0.1, -0.05) is 31.2 Å². The molecule has 0 radical (unpaired) electrons. The second-order valence-corrected chi connectivity index (χ2v) is 7.66. The van der Waals surface area contributed by atoms with E-state index in [4.69, 9.17) is 15.2 Å². The van der Waals surface area contributed by atoms with Crippen LogP contribution in [-0.2, 0) is 27.4 Å². The zero-order valence-corrected chi connectivity index (χ0v) is 18.6. The first-order valence-corrected chi connectivity index (χ1v) is 10.8. The van der Waals surface area contributed by atoms with Crippen molar-refractivity contribution in [3.05, 3.63) is 70.7 Å². The van der Waals surface area contributed by atoms with Gasteiger partial charge < -0.3 is 15.2 Å². The summed E-state index contributed by atoms with van der Waals surface area (Å²) in [4.78, 5) is 41.7. The Balaban J connectivity index is 1.70. The van der Waals surface area contributed by atoms with Crippen molar-refractivity contribution in [2.75, 3.05) is 11.5 Å². The Hall–Kier alpha value is -3.72. The molecule has 0 fully saturated rings. The van der Waals surface area contributed by atoms with E-state index >= 15 is 0 Å². The molecule has 0 aliphatic carbocycles. The van der Waals surface area contributed by atoms with E-state index in [1.165, 1.54) is 34.8 Å². The van der Waals surface area contributed by atoms with E-state index in [-0.39, 0.29) is 30.4 Å². The van der Waals surface area contributed by atoms with Crippen LogP contribution in [0.15, 0.2) is 53.9 Å². The highest BCUT2D eigenvalue weighted by Crippen LogP contribution is 2.29. The molecular formula is C23H23N3O5S. The predicted octanol–water partition coefficient (Wildman–Crippen LogP) is 3.61. The summed E-state index contributed by atoms with van der Waals surface area (Å²) in [5.41, 5.74) is 7.65.